The summed E-state index contributed by atoms with van der Waals surface area (Å²) in [4.78, 5) is 4.99. The van der Waals surface area contributed by atoms with E-state index in [0.717, 1.165) is 0 Å². The van der Waals surface area contributed by atoms with E-state index in [1.807, 2.05) is 37.4 Å². The summed E-state index contributed by atoms with van der Waals surface area (Å²) in [7, 11) is 4.53. The highest BCUT2D eigenvalue weighted by Crippen LogP contribution is 2.26. The van der Waals surface area contributed by atoms with Gasteiger partial charge in [0, 0.05) is 9.49 Å². The van der Waals surface area contributed by atoms with E-state index in [2.05, 4.69) is 64.1 Å². The van der Waals surface area contributed by atoms with E-state index in [9.17, 15) is 0 Å². The molecule has 4 heteroatoms. The summed E-state index contributed by atoms with van der Waals surface area (Å²) >= 11 is 3.95. The molecule has 0 heterocycles. The smallest absolute Gasteiger partial charge is 0.0113 e. The van der Waals surface area contributed by atoms with E-state index in [1.165, 1.54) is 51.9 Å². The van der Waals surface area contributed by atoms with Crippen molar-refractivity contribution in [2.75, 3.05) is 52.8 Å². The fourth-order valence-corrected chi connectivity index (χ4v) is 2.70. The number of thioether (sulfide) groups is 2. The van der Waals surface area contributed by atoms with Crippen molar-refractivity contribution in [3.05, 3.63) is 0 Å². The van der Waals surface area contributed by atoms with Gasteiger partial charge in [-0.15, -0.1) is 0 Å². The van der Waals surface area contributed by atoms with Gasteiger partial charge < -0.3 is 9.80 Å². The molecule has 0 rings (SSSR count). The summed E-state index contributed by atoms with van der Waals surface area (Å²) < 4.78 is 0.830. The third-order valence-corrected chi connectivity index (χ3v) is 7.24. The van der Waals surface area contributed by atoms with Crippen molar-refractivity contribution in [2.45, 2.75) is 76.7 Å². The van der Waals surface area contributed by atoms with Gasteiger partial charge in [0.15, 0.2) is 0 Å². The van der Waals surface area contributed by atoms with Gasteiger partial charge in [-0.25, -0.2) is 0 Å². The number of hydrogen-bond acceptors (Lipinski definition) is 4. The van der Waals surface area contributed by atoms with Gasteiger partial charge in [0.25, 0.3) is 0 Å². The van der Waals surface area contributed by atoms with Gasteiger partial charge in [-0.1, -0.05) is 41.5 Å². The molecule has 0 atom stereocenters. The Morgan fingerprint density at radius 3 is 1.17 bits per heavy atom. The van der Waals surface area contributed by atoms with E-state index in [0.29, 0.717) is 9.49 Å². The van der Waals surface area contributed by atoms with Gasteiger partial charge in [0.2, 0.25) is 0 Å². The molecule has 0 bridgehead atoms. The molecule has 24 heavy (non-hydrogen) atoms. The van der Waals surface area contributed by atoms with Crippen LogP contribution >= 0.6 is 23.5 Å². The van der Waals surface area contributed by atoms with Crippen LogP contribution in [0.1, 0.15) is 67.2 Å². The van der Waals surface area contributed by atoms with E-state index in [1.54, 1.807) is 0 Å². The van der Waals surface area contributed by atoms with Crippen molar-refractivity contribution in [3.8, 4) is 0 Å². The Labute approximate surface area is 162 Å². The first-order valence-corrected chi connectivity index (χ1v) is 12.0. The van der Waals surface area contributed by atoms with Crippen molar-refractivity contribution in [2.24, 2.45) is 0 Å². The molecule has 2 nitrogen and oxygen atoms in total. The Morgan fingerprint density at radius 1 is 0.625 bits per heavy atom. The summed E-state index contributed by atoms with van der Waals surface area (Å²) in [6.45, 7) is 18.3. The van der Waals surface area contributed by atoms with Gasteiger partial charge in [-0.2, -0.15) is 23.5 Å². The van der Waals surface area contributed by atoms with E-state index < -0.39 is 0 Å². The highest BCUT2D eigenvalue weighted by atomic mass is 32.2. The van der Waals surface area contributed by atoms with Crippen LogP contribution in [0.25, 0.3) is 0 Å². The summed E-state index contributed by atoms with van der Waals surface area (Å²) in [5.74, 6) is 0. The number of unbranched alkanes of at least 4 members (excludes halogenated alkanes) is 1. The first-order chi connectivity index (χ1) is 11.1. The highest BCUT2D eigenvalue weighted by molar-refractivity contribution is 8.00. The Hall–Kier alpha value is 0.620. The van der Waals surface area contributed by atoms with Crippen molar-refractivity contribution in [1.82, 2.24) is 9.80 Å². The van der Waals surface area contributed by atoms with E-state index >= 15 is 0 Å². The molecule has 0 fully saturated rings. The Morgan fingerprint density at radius 2 is 0.917 bits per heavy atom. The van der Waals surface area contributed by atoms with Crippen molar-refractivity contribution in [1.29, 1.82) is 0 Å². The predicted octanol–water partition coefficient (Wildman–Crippen LogP) is 5.72. The lowest BCUT2D eigenvalue weighted by molar-refractivity contribution is 0.280. The van der Waals surface area contributed by atoms with E-state index in [-0.39, 0.29) is 0 Å². The lowest BCUT2D eigenvalue weighted by atomic mass is 10.1. The largest absolute Gasteiger partial charge is 0.306 e. The maximum Gasteiger partial charge on any atom is 0.0113 e. The van der Waals surface area contributed by atoms with Crippen molar-refractivity contribution >= 4 is 23.5 Å². The van der Waals surface area contributed by atoms with Gasteiger partial charge in [0.05, 0.1) is 0 Å². The van der Waals surface area contributed by atoms with Crippen LogP contribution < -0.4 is 0 Å². The van der Waals surface area contributed by atoms with Gasteiger partial charge in [-0.3, -0.25) is 0 Å². The van der Waals surface area contributed by atoms with Crippen molar-refractivity contribution < 1.29 is 0 Å². The SMILES string of the molecule is CC.CSC(C)(C)CCN(C)CCCCN(C)CCC(C)(C)SC. The molecule has 0 spiro atoms. The fourth-order valence-electron chi connectivity index (χ4n) is 2.11. The molecule has 0 aliphatic carbocycles. The minimum Gasteiger partial charge on any atom is -0.306 e. The molecule has 0 aromatic carbocycles. The Balaban J connectivity index is 0. The monoisotopic (exact) mass is 378 g/mol. The standard InChI is InChI=1S/C18H40N2S2.C2H6/c1-17(2,21-7)11-15-19(5)13-9-10-14-20(6)16-12-18(3,4)22-8;1-2/h9-16H2,1-8H3;1-2H3. The summed E-state index contributed by atoms with van der Waals surface area (Å²) in [6, 6.07) is 0. The molecule has 148 valence electrons. The second-order valence-electron chi connectivity index (χ2n) is 7.74. The number of rotatable bonds is 13. The zero-order valence-corrected chi connectivity index (χ0v) is 20.0. The zero-order chi connectivity index (χ0) is 19.2. The van der Waals surface area contributed by atoms with Gasteiger partial charge in [-0.05, 0) is 78.5 Å². The maximum atomic E-state index is 2.49. The molecule has 0 unspecified atom stereocenters. The minimum absolute atomic E-state index is 0.415. The normalized spacial score (nSPS) is 12.5. The van der Waals surface area contributed by atoms with Crippen LogP contribution in [-0.4, -0.2) is 72.1 Å². The second kappa shape index (κ2) is 14.8. The predicted molar refractivity (Wildman–Crippen MR) is 120 cm³/mol. The molecule has 0 saturated heterocycles. The average molecular weight is 379 g/mol. The zero-order valence-electron chi connectivity index (χ0n) is 18.4. The number of hydrogen-bond donors (Lipinski definition) is 0. The third-order valence-electron chi connectivity index (χ3n) is 4.63. The summed E-state index contributed by atoms with van der Waals surface area (Å²) in [6.07, 6.45) is 9.60. The number of nitrogens with zero attached hydrogens (tertiary/aromatic N) is 2. The van der Waals surface area contributed by atoms with Gasteiger partial charge in [0.1, 0.15) is 0 Å². The second-order valence-corrected chi connectivity index (χ2v) is 10.8. The maximum absolute atomic E-state index is 2.49. The topological polar surface area (TPSA) is 6.48 Å². The van der Waals surface area contributed by atoms with E-state index in [4.69, 9.17) is 0 Å². The lowest BCUT2D eigenvalue weighted by Gasteiger charge is -2.27. The third kappa shape index (κ3) is 16.1. The molecular formula is C20H46N2S2. The summed E-state index contributed by atoms with van der Waals surface area (Å²) in [5, 5.41) is 0. The van der Waals surface area contributed by atoms with Crippen LogP contribution in [0.5, 0.6) is 0 Å². The quantitative estimate of drug-likeness (QED) is 0.378. The first-order valence-electron chi connectivity index (χ1n) is 9.59. The van der Waals surface area contributed by atoms with Crippen molar-refractivity contribution in [3.63, 3.8) is 0 Å². The van der Waals surface area contributed by atoms with Crippen LogP contribution in [-0.2, 0) is 0 Å². The fraction of sp³-hybridized carbons (Fsp3) is 1.00. The lowest BCUT2D eigenvalue weighted by Crippen LogP contribution is -2.29. The highest BCUT2D eigenvalue weighted by Gasteiger charge is 2.17. The molecule has 0 aliphatic rings. The van der Waals surface area contributed by atoms with Crippen LogP contribution in [0.15, 0.2) is 0 Å². The average Bonchev–Trinajstić information content (AvgIpc) is 2.57. The molecular weight excluding hydrogens is 332 g/mol. The van der Waals surface area contributed by atoms with Gasteiger partial charge >= 0.3 is 0 Å². The van der Waals surface area contributed by atoms with Crippen LogP contribution in [0, 0.1) is 0 Å². The molecule has 0 aliphatic heterocycles. The molecule has 0 amide bonds. The first kappa shape index (κ1) is 26.8. The van der Waals surface area contributed by atoms with Crippen LogP contribution in [0.3, 0.4) is 0 Å². The Bertz CT molecular complexity index is 253. The van der Waals surface area contributed by atoms with Crippen LogP contribution in [0.4, 0.5) is 0 Å². The molecule has 0 radical (unpaired) electrons. The molecule has 0 aromatic heterocycles. The van der Waals surface area contributed by atoms with Crippen LogP contribution in [0.2, 0.25) is 0 Å². The molecule has 0 N–H and O–H groups in total. The summed E-state index contributed by atoms with van der Waals surface area (Å²) in [5.41, 5.74) is 0. The molecule has 0 aromatic rings. The molecule has 0 saturated carbocycles. The Kier molecular flexibility index (Phi) is 16.5. The minimum atomic E-state index is 0.415.